The fourth-order valence-electron chi connectivity index (χ4n) is 1.27. The van der Waals surface area contributed by atoms with Crippen molar-refractivity contribution in [3.63, 3.8) is 0 Å². The van der Waals surface area contributed by atoms with Gasteiger partial charge in [-0.3, -0.25) is 4.79 Å². The maximum absolute atomic E-state index is 11.7. The third-order valence-corrected chi connectivity index (χ3v) is 2.33. The number of methoxy groups -OCH3 is 1. The van der Waals surface area contributed by atoms with Crippen molar-refractivity contribution in [1.29, 1.82) is 0 Å². The lowest BCUT2D eigenvalue weighted by Gasteiger charge is -2.26. The van der Waals surface area contributed by atoms with E-state index in [1.54, 1.807) is 19.1 Å². The second-order valence-corrected chi connectivity index (χ2v) is 3.65. The van der Waals surface area contributed by atoms with Crippen LogP contribution in [-0.2, 0) is 9.53 Å². The molecule has 0 heterocycles. The quantitative estimate of drug-likeness (QED) is 0.686. The molecule has 0 saturated heterocycles. The Morgan fingerprint density at radius 2 is 2.14 bits per heavy atom. The van der Waals surface area contributed by atoms with Gasteiger partial charge < -0.3 is 15.4 Å². The van der Waals surface area contributed by atoms with Crippen LogP contribution in [0.1, 0.15) is 26.7 Å². The number of carbonyl (C=O) groups excluding carboxylic acids is 1. The van der Waals surface area contributed by atoms with Crippen LogP contribution >= 0.6 is 0 Å². The summed E-state index contributed by atoms with van der Waals surface area (Å²) in [6, 6.07) is -0.292. The number of likely N-dealkylation sites (N-methyl/N-ethyl adjacent to an activating group) is 1. The number of carbonyl (C=O) groups is 1. The summed E-state index contributed by atoms with van der Waals surface area (Å²) in [6.45, 7) is 4.51. The first-order valence-corrected chi connectivity index (χ1v) is 5.05. The lowest BCUT2D eigenvalue weighted by molar-refractivity contribution is -0.134. The van der Waals surface area contributed by atoms with Gasteiger partial charge in [-0.15, -0.1) is 0 Å². The van der Waals surface area contributed by atoms with E-state index in [1.165, 1.54) is 0 Å². The molecule has 1 amide bonds. The van der Waals surface area contributed by atoms with E-state index in [0.717, 1.165) is 12.8 Å². The zero-order valence-electron chi connectivity index (χ0n) is 9.62. The smallest absolute Gasteiger partial charge is 0.239 e. The topological polar surface area (TPSA) is 55.6 Å². The highest BCUT2D eigenvalue weighted by Crippen LogP contribution is 2.02. The molecule has 2 atom stereocenters. The summed E-state index contributed by atoms with van der Waals surface area (Å²) >= 11 is 0. The highest BCUT2D eigenvalue weighted by molar-refractivity contribution is 5.81. The number of hydrogen-bond donors (Lipinski definition) is 1. The molecular formula is C10H22N2O2. The largest absolute Gasteiger partial charge is 0.383 e. The van der Waals surface area contributed by atoms with E-state index in [1.807, 2.05) is 13.8 Å². The van der Waals surface area contributed by atoms with Crippen LogP contribution in [0.15, 0.2) is 0 Å². The Kier molecular flexibility index (Phi) is 6.49. The fourth-order valence-corrected chi connectivity index (χ4v) is 1.27. The van der Waals surface area contributed by atoms with E-state index in [0.29, 0.717) is 6.61 Å². The van der Waals surface area contributed by atoms with Crippen LogP contribution in [0.2, 0.25) is 0 Å². The van der Waals surface area contributed by atoms with Gasteiger partial charge in [-0.25, -0.2) is 0 Å². The van der Waals surface area contributed by atoms with E-state index in [4.69, 9.17) is 10.5 Å². The van der Waals surface area contributed by atoms with Gasteiger partial charge in [0.15, 0.2) is 0 Å². The molecule has 0 saturated carbocycles. The second kappa shape index (κ2) is 6.79. The average Bonchev–Trinajstić information content (AvgIpc) is 2.16. The second-order valence-electron chi connectivity index (χ2n) is 3.65. The lowest BCUT2D eigenvalue weighted by Crippen LogP contribution is -2.46. The van der Waals surface area contributed by atoms with Gasteiger partial charge in [0.1, 0.15) is 0 Å². The third kappa shape index (κ3) is 4.07. The Labute approximate surface area is 86.4 Å². The van der Waals surface area contributed by atoms with Crippen molar-refractivity contribution in [3.05, 3.63) is 0 Å². The molecule has 84 valence electrons. The number of nitrogens with two attached hydrogens (primary N) is 1. The summed E-state index contributed by atoms with van der Waals surface area (Å²) in [7, 11) is 3.39. The first-order valence-electron chi connectivity index (χ1n) is 5.05. The standard InChI is InChI=1S/C10H22N2O2/c1-5-6-9(11)10(13)12(3)8(2)7-14-4/h8-9H,5-7,11H2,1-4H3/t8?,9-/m1/s1. The molecule has 0 aliphatic carbocycles. The van der Waals surface area contributed by atoms with Gasteiger partial charge in [0.2, 0.25) is 5.91 Å². The van der Waals surface area contributed by atoms with E-state index in [-0.39, 0.29) is 18.0 Å². The number of amides is 1. The molecule has 0 aliphatic rings. The predicted octanol–water partition coefficient (Wildman–Crippen LogP) is 0.607. The first kappa shape index (κ1) is 13.4. The minimum absolute atomic E-state index is 0.00333. The van der Waals surface area contributed by atoms with E-state index < -0.39 is 0 Å². The van der Waals surface area contributed by atoms with Crippen molar-refractivity contribution in [3.8, 4) is 0 Å². The summed E-state index contributed by atoms with van der Waals surface area (Å²) in [6.07, 6.45) is 1.67. The molecule has 0 rings (SSSR count). The van der Waals surface area contributed by atoms with Crippen molar-refractivity contribution >= 4 is 5.91 Å². The maximum atomic E-state index is 11.7. The average molecular weight is 202 g/mol. The number of ether oxygens (including phenoxy) is 1. The summed E-state index contributed by atoms with van der Waals surface area (Å²) in [4.78, 5) is 13.4. The van der Waals surface area contributed by atoms with Crippen LogP contribution in [0.3, 0.4) is 0 Å². The third-order valence-electron chi connectivity index (χ3n) is 2.33. The lowest BCUT2D eigenvalue weighted by atomic mass is 10.1. The predicted molar refractivity (Wildman–Crippen MR) is 57.0 cm³/mol. The zero-order valence-corrected chi connectivity index (χ0v) is 9.62. The van der Waals surface area contributed by atoms with Gasteiger partial charge in [0.25, 0.3) is 0 Å². The van der Waals surface area contributed by atoms with Gasteiger partial charge in [-0.2, -0.15) is 0 Å². The Balaban J connectivity index is 4.09. The van der Waals surface area contributed by atoms with Gasteiger partial charge in [0, 0.05) is 14.2 Å². The van der Waals surface area contributed by atoms with Gasteiger partial charge in [-0.1, -0.05) is 13.3 Å². The van der Waals surface area contributed by atoms with Crippen LogP contribution in [0.25, 0.3) is 0 Å². The molecule has 0 aliphatic heterocycles. The van der Waals surface area contributed by atoms with Crippen LogP contribution < -0.4 is 5.73 Å². The van der Waals surface area contributed by atoms with Crippen LogP contribution in [0.5, 0.6) is 0 Å². The molecule has 14 heavy (non-hydrogen) atoms. The zero-order chi connectivity index (χ0) is 11.1. The first-order chi connectivity index (χ1) is 6.54. The molecule has 0 spiro atoms. The Morgan fingerprint density at radius 3 is 2.57 bits per heavy atom. The van der Waals surface area contributed by atoms with E-state index >= 15 is 0 Å². The molecule has 0 fully saturated rings. The van der Waals surface area contributed by atoms with Crippen LogP contribution in [0.4, 0.5) is 0 Å². The number of hydrogen-bond acceptors (Lipinski definition) is 3. The Morgan fingerprint density at radius 1 is 1.57 bits per heavy atom. The summed E-state index contributed by atoms with van der Waals surface area (Å²) in [5.74, 6) is -0.00333. The highest BCUT2D eigenvalue weighted by Gasteiger charge is 2.20. The molecule has 0 aromatic heterocycles. The van der Waals surface area contributed by atoms with Crippen molar-refractivity contribution < 1.29 is 9.53 Å². The molecule has 4 nitrogen and oxygen atoms in total. The van der Waals surface area contributed by atoms with Crippen molar-refractivity contribution in [2.75, 3.05) is 20.8 Å². The van der Waals surface area contributed by atoms with Crippen molar-refractivity contribution in [2.45, 2.75) is 38.8 Å². The molecule has 0 aromatic rings. The normalized spacial score (nSPS) is 14.9. The maximum Gasteiger partial charge on any atom is 0.239 e. The Bertz CT molecular complexity index is 174. The van der Waals surface area contributed by atoms with E-state index in [2.05, 4.69) is 0 Å². The Hall–Kier alpha value is -0.610. The van der Waals surface area contributed by atoms with Crippen molar-refractivity contribution in [2.24, 2.45) is 5.73 Å². The van der Waals surface area contributed by atoms with Crippen LogP contribution in [-0.4, -0.2) is 43.7 Å². The molecule has 0 radical (unpaired) electrons. The fraction of sp³-hybridized carbons (Fsp3) is 0.900. The number of rotatable bonds is 6. The summed E-state index contributed by atoms with van der Waals surface area (Å²) in [5.41, 5.74) is 5.73. The van der Waals surface area contributed by atoms with Gasteiger partial charge >= 0.3 is 0 Å². The highest BCUT2D eigenvalue weighted by atomic mass is 16.5. The minimum atomic E-state index is -0.371. The SMILES string of the molecule is CCC[C@@H](N)C(=O)N(C)C(C)COC. The van der Waals surface area contributed by atoms with Gasteiger partial charge in [-0.05, 0) is 13.3 Å². The molecular weight excluding hydrogens is 180 g/mol. The summed E-state index contributed by atoms with van der Waals surface area (Å²) in [5, 5.41) is 0. The van der Waals surface area contributed by atoms with Gasteiger partial charge in [0.05, 0.1) is 18.7 Å². The number of nitrogens with zero attached hydrogens (tertiary/aromatic N) is 1. The summed E-state index contributed by atoms with van der Waals surface area (Å²) < 4.78 is 4.98. The molecule has 1 unspecified atom stereocenters. The molecule has 4 heteroatoms. The minimum Gasteiger partial charge on any atom is -0.383 e. The molecule has 2 N–H and O–H groups in total. The monoisotopic (exact) mass is 202 g/mol. The van der Waals surface area contributed by atoms with E-state index in [9.17, 15) is 4.79 Å². The molecule has 0 bridgehead atoms. The van der Waals surface area contributed by atoms with Crippen molar-refractivity contribution in [1.82, 2.24) is 4.90 Å². The molecule has 0 aromatic carbocycles. The van der Waals surface area contributed by atoms with Crippen LogP contribution in [0, 0.1) is 0 Å².